The van der Waals surface area contributed by atoms with Gasteiger partial charge in [-0.15, -0.1) is 0 Å². The summed E-state index contributed by atoms with van der Waals surface area (Å²) in [5.74, 6) is -0.455. The summed E-state index contributed by atoms with van der Waals surface area (Å²) in [4.78, 5) is 11.5. The monoisotopic (exact) mass is 203 g/mol. The average molecular weight is 203 g/mol. The Balaban J connectivity index is 2.71. The third-order valence-corrected chi connectivity index (χ3v) is 2.31. The van der Waals surface area contributed by atoms with Gasteiger partial charge in [0.15, 0.2) is 0 Å². The van der Waals surface area contributed by atoms with Gasteiger partial charge in [-0.05, 0) is 29.0 Å². The molecule has 0 aliphatic carbocycles. The Bertz CT molecular complexity index is 522. The van der Waals surface area contributed by atoms with Gasteiger partial charge in [-0.1, -0.05) is 18.2 Å². The number of hydrogen-bond acceptors (Lipinski definition) is 1. The predicted octanol–water partition coefficient (Wildman–Crippen LogP) is 2.34. The van der Waals surface area contributed by atoms with Crippen molar-refractivity contribution >= 4 is 16.7 Å². The van der Waals surface area contributed by atoms with Gasteiger partial charge in [0.2, 0.25) is 0 Å². The number of halogens is 1. The van der Waals surface area contributed by atoms with E-state index in [2.05, 4.69) is 5.32 Å². The number of amides is 1. The molecule has 1 N–H and O–H groups in total. The van der Waals surface area contributed by atoms with E-state index in [0.29, 0.717) is 5.56 Å². The molecule has 0 radical (unpaired) electrons. The van der Waals surface area contributed by atoms with Crippen LogP contribution >= 0.6 is 0 Å². The zero-order valence-corrected chi connectivity index (χ0v) is 8.25. The van der Waals surface area contributed by atoms with Crippen LogP contribution in [0.25, 0.3) is 10.8 Å². The van der Waals surface area contributed by atoms with E-state index < -0.39 is 0 Å². The Hall–Kier alpha value is -1.90. The average Bonchev–Trinajstić information content (AvgIpc) is 2.26. The van der Waals surface area contributed by atoms with E-state index in [9.17, 15) is 9.18 Å². The minimum atomic E-state index is -0.295. The van der Waals surface area contributed by atoms with Crippen LogP contribution in [0.2, 0.25) is 0 Å². The second-order valence-electron chi connectivity index (χ2n) is 3.25. The number of benzene rings is 2. The lowest BCUT2D eigenvalue weighted by atomic mass is 10.0. The van der Waals surface area contributed by atoms with Crippen LogP contribution in [-0.2, 0) is 0 Å². The number of hydrogen-bond donors (Lipinski definition) is 1. The first kappa shape index (κ1) is 9.65. The summed E-state index contributed by atoms with van der Waals surface area (Å²) in [6, 6.07) is 9.64. The summed E-state index contributed by atoms with van der Waals surface area (Å²) >= 11 is 0. The van der Waals surface area contributed by atoms with Crippen molar-refractivity contribution in [2.45, 2.75) is 0 Å². The molecule has 0 fully saturated rings. The fourth-order valence-corrected chi connectivity index (χ4v) is 1.59. The van der Waals surface area contributed by atoms with Crippen LogP contribution in [0.5, 0.6) is 0 Å². The van der Waals surface area contributed by atoms with E-state index in [1.54, 1.807) is 31.3 Å². The molecule has 1 amide bonds. The van der Waals surface area contributed by atoms with Crippen LogP contribution in [0, 0.1) is 5.82 Å². The van der Waals surface area contributed by atoms with Crippen molar-refractivity contribution in [2.24, 2.45) is 0 Å². The molecule has 0 saturated heterocycles. The first-order chi connectivity index (χ1) is 7.22. The van der Waals surface area contributed by atoms with Gasteiger partial charge in [0.25, 0.3) is 5.91 Å². The molecule has 0 unspecified atom stereocenters. The van der Waals surface area contributed by atoms with Crippen LogP contribution in [0.4, 0.5) is 4.39 Å². The molecule has 15 heavy (non-hydrogen) atoms. The second kappa shape index (κ2) is 3.69. The van der Waals surface area contributed by atoms with Crippen LogP contribution in [0.3, 0.4) is 0 Å². The first-order valence-corrected chi connectivity index (χ1v) is 4.63. The van der Waals surface area contributed by atoms with E-state index >= 15 is 0 Å². The predicted molar refractivity (Wildman–Crippen MR) is 57.3 cm³/mol. The summed E-state index contributed by atoms with van der Waals surface area (Å²) in [6.07, 6.45) is 0. The van der Waals surface area contributed by atoms with Crippen LogP contribution in [0.1, 0.15) is 10.4 Å². The molecule has 2 rings (SSSR count). The van der Waals surface area contributed by atoms with Gasteiger partial charge < -0.3 is 5.32 Å². The second-order valence-corrected chi connectivity index (χ2v) is 3.25. The van der Waals surface area contributed by atoms with Gasteiger partial charge in [0.05, 0.1) is 0 Å². The summed E-state index contributed by atoms with van der Waals surface area (Å²) < 4.78 is 13.0. The fraction of sp³-hybridized carbons (Fsp3) is 0.0833. The number of carbonyl (C=O) groups is 1. The number of rotatable bonds is 1. The van der Waals surface area contributed by atoms with Gasteiger partial charge >= 0.3 is 0 Å². The quantitative estimate of drug-likeness (QED) is 0.757. The maximum atomic E-state index is 13.0. The molecule has 0 bridgehead atoms. The number of fused-ring (bicyclic) bond motifs is 1. The highest BCUT2D eigenvalue weighted by Gasteiger charge is 2.07. The molecule has 2 aromatic carbocycles. The zero-order valence-electron chi connectivity index (χ0n) is 8.25. The Morgan fingerprint density at radius 2 is 2.07 bits per heavy atom. The molecule has 2 aromatic rings. The molecule has 0 aliphatic heterocycles. The van der Waals surface area contributed by atoms with E-state index in [-0.39, 0.29) is 11.7 Å². The third kappa shape index (κ3) is 1.68. The first-order valence-electron chi connectivity index (χ1n) is 4.63. The lowest BCUT2D eigenvalue weighted by Gasteiger charge is -2.04. The molecule has 76 valence electrons. The molecule has 0 atom stereocenters. The highest BCUT2D eigenvalue weighted by Crippen LogP contribution is 2.19. The molecular formula is C12H10FNO. The highest BCUT2D eigenvalue weighted by molar-refractivity contribution is 6.06. The van der Waals surface area contributed by atoms with Crippen LogP contribution < -0.4 is 5.32 Å². The standard InChI is InChI=1S/C12H10FNO/c1-14-12(15)11-4-2-3-8-7-9(13)5-6-10(8)11/h2-7H,1H3,(H,14,15). The van der Waals surface area contributed by atoms with Crippen LogP contribution in [-0.4, -0.2) is 13.0 Å². The van der Waals surface area contributed by atoms with Gasteiger partial charge in [0.1, 0.15) is 5.82 Å². The van der Waals surface area contributed by atoms with E-state index in [4.69, 9.17) is 0 Å². The normalized spacial score (nSPS) is 10.3. The Labute approximate surface area is 86.7 Å². The molecule has 0 aliphatic rings. The maximum absolute atomic E-state index is 13.0. The van der Waals surface area contributed by atoms with E-state index in [1.165, 1.54) is 12.1 Å². The van der Waals surface area contributed by atoms with Gasteiger partial charge in [-0.2, -0.15) is 0 Å². The largest absolute Gasteiger partial charge is 0.355 e. The molecule has 0 spiro atoms. The van der Waals surface area contributed by atoms with Gasteiger partial charge in [-0.25, -0.2) is 4.39 Å². The number of nitrogens with one attached hydrogen (secondary N) is 1. The fourth-order valence-electron chi connectivity index (χ4n) is 1.59. The summed E-state index contributed by atoms with van der Waals surface area (Å²) in [5.41, 5.74) is 0.565. The van der Waals surface area contributed by atoms with Crippen molar-refractivity contribution in [1.82, 2.24) is 5.32 Å². The Kier molecular flexibility index (Phi) is 2.37. The van der Waals surface area contributed by atoms with Crippen molar-refractivity contribution < 1.29 is 9.18 Å². The summed E-state index contributed by atoms with van der Waals surface area (Å²) in [5, 5.41) is 4.05. The van der Waals surface area contributed by atoms with Crippen molar-refractivity contribution in [3.8, 4) is 0 Å². The van der Waals surface area contributed by atoms with Crippen LogP contribution in [0.15, 0.2) is 36.4 Å². The molecule has 2 nitrogen and oxygen atoms in total. The summed E-state index contributed by atoms with van der Waals surface area (Å²) in [7, 11) is 1.57. The smallest absolute Gasteiger partial charge is 0.251 e. The van der Waals surface area contributed by atoms with E-state index in [0.717, 1.165) is 10.8 Å². The molecule has 0 aromatic heterocycles. The Morgan fingerprint density at radius 3 is 2.80 bits per heavy atom. The van der Waals surface area contributed by atoms with Gasteiger partial charge in [0, 0.05) is 12.6 Å². The molecule has 0 saturated carbocycles. The lowest BCUT2D eigenvalue weighted by Crippen LogP contribution is -2.17. The third-order valence-electron chi connectivity index (χ3n) is 2.31. The minimum Gasteiger partial charge on any atom is -0.355 e. The lowest BCUT2D eigenvalue weighted by molar-refractivity contribution is 0.0964. The zero-order chi connectivity index (χ0) is 10.8. The SMILES string of the molecule is CNC(=O)c1cccc2cc(F)ccc12. The van der Waals surface area contributed by atoms with Gasteiger partial charge in [-0.3, -0.25) is 4.79 Å². The highest BCUT2D eigenvalue weighted by atomic mass is 19.1. The van der Waals surface area contributed by atoms with Crippen molar-refractivity contribution in [3.63, 3.8) is 0 Å². The maximum Gasteiger partial charge on any atom is 0.251 e. The molecule has 0 heterocycles. The number of carbonyl (C=O) groups excluding carboxylic acids is 1. The van der Waals surface area contributed by atoms with Crippen molar-refractivity contribution in [3.05, 3.63) is 47.8 Å². The molecule has 3 heteroatoms. The molecular weight excluding hydrogens is 193 g/mol. The Morgan fingerprint density at radius 1 is 1.27 bits per heavy atom. The topological polar surface area (TPSA) is 29.1 Å². The summed E-state index contributed by atoms with van der Waals surface area (Å²) in [6.45, 7) is 0. The van der Waals surface area contributed by atoms with Crippen molar-refractivity contribution in [2.75, 3.05) is 7.05 Å². The van der Waals surface area contributed by atoms with E-state index in [1.807, 2.05) is 0 Å². The van der Waals surface area contributed by atoms with Crippen molar-refractivity contribution in [1.29, 1.82) is 0 Å². The minimum absolute atomic E-state index is 0.160.